The van der Waals surface area contributed by atoms with Gasteiger partial charge < -0.3 is 9.64 Å². The standard InChI is InChI=1S/C17H12ClF3N2O4/c18-15-10(2-1-3-11(15)17(19,20)21)7-23-12-6-9(16(25)22-26)4-5-13(12)27-8-14(23)24/h1-6,26H,7-8H2,(H,22,25). The number of anilines is 1. The fourth-order valence-corrected chi connectivity index (χ4v) is 2.97. The van der Waals surface area contributed by atoms with Crippen LogP contribution in [0.3, 0.4) is 0 Å². The van der Waals surface area contributed by atoms with Crippen LogP contribution in [0.15, 0.2) is 36.4 Å². The maximum atomic E-state index is 13.1. The molecule has 2 aromatic rings. The number of hydrogen-bond donors (Lipinski definition) is 2. The minimum atomic E-state index is -4.63. The number of nitrogens with one attached hydrogen (secondary N) is 1. The van der Waals surface area contributed by atoms with Crippen LogP contribution in [0.25, 0.3) is 0 Å². The van der Waals surface area contributed by atoms with Crippen LogP contribution in [0.5, 0.6) is 5.75 Å². The number of alkyl halides is 3. The van der Waals surface area contributed by atoms with E-state index in [0.29, 0.717) is 0 Å². The molecule has 1 aliphatic heterocycles. The Kier molecular flexibility index (Phi) is 4.99. The van der Waals surface area contributed by atoms with Crippen LogP contribution >= 0.6 is 11.6 Å². The number of ether oxygens (including phenoxy) is 1. The Morgan fingerprint density at radius 2 is 2.04 bits per heavy atom. The second-order valence-electron chi connectivity index (χ2n) is 5.67. The summed E-state index contributed by atoms with van der Waals surface area (Å²) in [4.78, 5) is 25.1. The first-order valence-electron chi connectivity index (χ1n) is 7.58. The van der Waals surface area contributed by atoms with Crippen molar-refractivity contribution < 1.29 is 32.7 Å². The molecule has 1 aliphatic rings. The molecule has 142 valence electrons. The lowest BCUT2D eigenvalue weighted by Crippen LogP contribution is -2.38. The summed E-state index contributed by atoms with van der Waals surface area (Å²) in [5.74, 6) is -1.06. The van der Waals surface area contributed by atoms with Crippen LogP contribution < -0.4 is 15.1 Å². The molecule has 10 heteroatoms. The molecule has 2 N–H and O–H groups in total. The predicted octanol–water partition coefficient (Wildman–Crippen LogP) is 3.40. The number of carbonyl (C=O) groups excluding carboxylic acids is 2. The molecule has 0 aliphatic carbocycles. The molecule has 0 aromatic heterocycles. The molecule has 2 aromatic carbocycles. The van der Waals surface area contributed by atoms with E-state index in [-0.39, 0.29) is 35.7 Å². The van der Waals surface area contributed by atoms with Gasteiger partial charge in [-0.15, -0.1) is 0 Å². The lowest BCUT2D eigenvalue weighted by atomic mass is 10.1. The lowest BCUT2D eigenvalue weighted by molar-refractivity contribution is -0.137. The third-order valence-electron chi connectivity index (χ3n) is 3.98. The Hall–Kier alpha value is -2.78. The number of carbonyl (C=O) groups is 2. The van der Waals surface area contributed by atoms with Crippen molar-refractivity contribution in [2.45, 2.75) is 12.7 Å². The van der Waals surface area contributed by atoms with E-state index in [1.807, 2.05) is 0 Å². The molecular weight excluding hydrogens is 389 g/mol. The Balaban J connectivity index is 2.02. The first kappa shape index (κ1) is 19.0. The molecule has 0 atom stereocenters. The van der Waals surface area contributed by atoms with Gasteiger partial charge in [0.15, 0.2) is 6.61 Å². The topological polar surface area (TPSA) is 78.9 Å². The van der Waals surface area contributed by atoms with Crippen LogP contribution in [-0.4, -0.2) is 23.6 Å². The van der Waals surface area contributed by atoms with Gasteiger partial charge in [-0.1, -0.05) is 23.7 Å². The summed E-state index contributed by atoms with van der Waals surface area (Å²) in [7, 11) is 0. The average molecular weight is 401 g/mol. The molecule has 1 heterocycles. The normalized spacial score (nSPS) is 13.8. The summed E-state index contributed by atoms with van der Waals surface area (Å²) in [5.41, 5.74) is 0.770. The predicted molar refractivity (Wildman–Crippen MR) is 88.8 cm³/mol. The van der Waals surface area contributed by atoms with E-state index in [2.05, 4.69) is 0 Å². The zero-order valence-electron chi connectivity index (χ0n) is 13.5. The molecule has 27 heavy (non-hydrogen) atoms. The summed E-state index contributed by atoms with van der Waals surface area (Å²) in [6, 6.07) is 7.52. The zero-order valence-corrected chi connectivity index (χ0v) is 14.3. The van der Waals surface area contributed by atoms with Crippen LogP contribution in [0.2, 0.25) is 5.02 Å². The number of nitrogens with zero attached hydrogens (tertiary/aromatic N) is 1. The number of amides is 2. The summed E-state index contributed by atoms with van der Waals surface area (Å²) in [5, 5.41) is 8.25. The van der Waals surface area contributed by atoms with Gasteiger partial charge in [0.2, 0.25) is 0 Å². The minimum Gasteiger partial charge on any atom is -0.482 e. The second kappa shape index (κ2) is 7.09. The van der Waals surface area contributed by atoms with Gasteiger partial charge in [0.1, 0.15) is 5.75 Å². The molecule has 0 saturated heterocycles. The van der Waals surface area contributed by atoms with Gasteiger partial charge in [0, 0.05) is 5.56 Å². The first-order valence-corrected chi connectivity index (χ1v) is 7.96. The molecule has 0 bridgehead atoms. The smallest absolute Gasteiger partial charge is 0.417 e. The fraction of sp³-hybridized carbons (Fsp3) is 0.176. The number of hydroxylamine groups is 1. The summed E-state index contributed by atoms with van der Waals surface area (Å²) in [6.07, 6.45) is -4.63. The van der Waals surface area contributed by atoms with E-state index in [9.17, 15) is 22.8 Å². The zero-order chi connectivity index (χ0) is 19.8. The maximum absolute atomic E-state index is 13.1. The van der Waals surface area contributed by atoms with Crippen molar-refractivity contribution in [2.24, 2.45) is 0 Å². The highest BCUT2D eigenvalue weighted by Crippen LogP contribution is 2.38. The van der Waals surface area contributed by atoms with E-state index >= 15 is 0 Å². The average Bonchev–Trinajstić information content (AvgIpc) is 2.63. The molecule has 3 rings (SSSR count). The van der Waals surface area contributed by atoms with E-state index < -0.39 is 28.6 Å². The van der Waals surface area contributed by atoms with E-state index in [4.69, 9.17) is 21.5 Å². The third-order valence-corrected chi connectivity index (χ3v) is 4.42. The molecule has 0 spiro atoms. The summed E-state index contributed by atoms with van der Waals surface area (Å²) >= 11 is 5.91. The van der Waals surface area contributed by atoms with Crippen LogP contribution in [0.1, 0.15) is 21.5 Å². The molecule has 0 saturated carbocycles. The van der Waals surface area contributed by atoms with Crippen LogP contribution in [-0.2, 0) is 17.5 Å². The monoisotopic (exact) mass is 400 g/mol. The van der Waals surface area contributed by atoms with Gasteiger partial charge >= 0.3 is 6.18 Å². The Labute approximate surface area is 156 Å². The lowest BCUT2D eigenvalue weighted by Gasteiger charge is -2.30. The number of hydrogen-bond acceptors (Lipinski definition) is 4. The van der Waals surface area contributed by atoms with E-state index in [1.54, 1.807) is 0 Å². The highest BCUT2D eigenvalue weighted by atomic mass is 35.5. The Morgan fingerprint density at radius 3 is 2.70 bits per heavy atom. The fourth-order valence-electron chi connectivity index (χ4n) is 2.67. The summed E-state index contributed by atoms with van der Waals surface area (Å²) < 4.78 is 44.4. The van der Waals surface area contributed by atoms with Crippen molar-refractivity contribution in [3.63, 3.8) is 0 Å². The Morgan fingerprint density at radius 1 is 1.30 bits per heavy atom. The van der Waals surface area contributed by atoms with E-state index in [0.717, 1.165) is 6.07 Å². The van der Waals surface area contributed by atoms with Gasteiger partial charge in [0.25, 0.3) is 11.8 Å². The van der Waals surface area contributed by atoms with Crippen molar-refractivity contribution in [1.29, 1.82) is 0 Å². The van der Waals surface area contributed by atoms with Gasteiger partial charge in [-0.2, -0.15) is 13.2 Å². The van der Waals surface area contributed by atoms with Gasteiger partial charge in [-0.05, 0) is 29.8 Å². The van der Waals surface area contributed by atoms with Gasteiger partial charge in [-0.25, -0.2) is 5.48 Å². The number of halogens is 4. The molecular formula is C17H12ClF3N2O4. The highest BCUT2D eigenvalue weighted by molar-refractivity contribution is 6.32. The van der Waals surface area contributed by atoms with Crippen LogP contribution in [0.4, 0.5) is 18.9 Å². The summed E-state index contributed by atoms with van der Waals surface area (Å²) in [6.45, 7) is -0.558. The largest absolute Gasteiger partial charge is 0.482 e. The highest BCUT2D eigenvalue weighted by Gasteiger charge is 2.35. The minimum absolute atomic E-state index is 0.0367. The number of benzene rings is 2. The van der Waals surface area contributed by atoms with Crippen molar-refractivity contribution in [3.05, 3.63) is 58.1 Å². The van der Waals surface area contributed by atoms with Gasteiger partial charge in [-0.3, -0.25) is 14.8 Å². The Bertz CT molecular complexity index is 918. The first-order chi connectivity index (χ1) is 12.7. The third kappa shape index (κ3) is 3.69. The quantitative estimate of drug-likeness (QED) is 0.611. The van der Waals surface area contributed by atoms with Crippen molar-refractivity contribution in [2.75, 3.05) is 11.5 Å². The number of rotatable bonds is 3. The van der Waals surface area contributed by atoms with E-state index in [1.165, 1.54) is 40.7 Å². The molecule has 2 amide bonds. The molecule has 0 radical (unpaired) electrons. The van der Waals surface area contributed by atoms with Gasteiger partial charge in [0.05, 0.1) is 22.8 Å². The van der Waals surface area contributed by atoms with Crippen molar-refractivity contribution in [3.8, 4) is 5.75 Å². The molecule has 0 unspecified atom stereocenters. The van der Waals surface area contributed by atoms with Crippen molar-refractivity contribution in [1.82, 2.24) is 5.48 Å². The molecule has 6 nitrogen and oxygen atoms in total. The maximum Gasteiger partial charge on any atom is 0.417 e. The van der Waals surface area contributed by atoms with Crippen LogP contribution in [0, 0.1) is 0 Å². The second-order valence-corrected chi connectivity index (χ2v) is 6.05. The van der Waals surface area contributed by atoms with Crippen molar-refractivity contribution >= 4 is 29.1 Å². The molecule has 0 fully saturated rings. The number of fused-ring (bicyclic) bond motifs is 1. The SMILES string of the molecule is O=C(NO)c1ccc2c(c1)N(Cc1cccc(C(F)(F)F)c1Cl)C(=O)CO2.